The monoisotopic (exact) mass is 443 g/mol. The van der Waals surface area contributed by atoms with Gasteiger partial charge in [0, 0.05) is 44.2 Å². The first-order valence-corrected chi connectivity index (χ1v) is 10.2. The standard InChI is InChI=1S/C24H18BrN3O/c25-16-11-9-15(10-12-16)24(28-29)23(19-13-26-21-7-3-1-5-17(19)21)20-14-27-22-8-4-2-6-18(20)22/h1-14,23,26-27,29H/b28-24+. The van der Waals surface area contributed by atoms with Gasteiger partial charge >= 0.3 is 0 Å². The number of H-pyrrole nitrogens is 2. The number of rotatable bonds is 4. The summed E-state index contributed by atoms with van der Waals surface area (Å²) in [4.78, 5) is 6.73. The van der Waals surface area contributed by atoms with Gasteiger partial charge in [0.15, 0.2) is 0 Å². The number of fused-ring (bicyclic) bond motifs is 2. The molecule has 2 aromatic heterocycles. The van der Waals surface area contributed by atoms with E-state index in [9.17, 15) is 5.21 Å². The highest BCUT2D eigenvalue weighted by Gasteiger charge is 2.27. The van der Waals surface area contributed by atoms with E-state index in [-0.39, 0.29) is 5.92 Å². The van der Waals surface area contributed by atoms with E-state index >= 15 is 0 Å². The lowest BCUT2D eigenvalue weighted by molar-refractivity contribution is 0.317. The first-order chi connectivity index (χ1) is 14.3. The van der Waals surface area contributed by atoms with E-state index in [2.05, 4.69) is 55.3 Å². The van der Waals surface area contributed by atoms with Crippen molar-refractivity contribution in [3.63, 3.8) is 0 Å². The summed E-state index contributed by atoms with van der Waals surface area (Å²) < 4.78 is 0.981. The number of nitrogens with zero attached hydrogens (tertiary/aromatic N) is 1. The Bertz CT molecular complexity index is 1260. The van der Waals surface area contributed by atoms with Crippen molar-refractivity contribution in [3.05, 3.63) is 106 Å². The first-order valence-electron chi connectivity index (χ1n) is 9.36. The second-order valence-electron chi connectivity index (χ2n) is 7.00. The predicted octanol–water partition coefficient (Wildman–Crippen LogP) is 6.42. The van der Waals surface area contributed by atoms with E-state index in [0.29, 0.717) is 5.71 Å². The number of aromatic amines is 2. The van der Waals surface area contributed by atoms with Crippen molar-refractivity contribution in [1.82, 2.24) is 9.97 Å². The first kappa shape index (κ1) is 17.8. The maximum Gasteiger partial charge on any atom is 0.0988 e. The summed E-state index contributed by atoms with van der Waals surface area (Å²) in [6, 6.07) is 24.2. The van der Waals surface area contributed by atoms with Crippen LogP contribution < -0.4 is 0 Å². The molecule has 0 aliphatic rings. The van der Waals surface area contributed by atoms with Gasteiger partial charge in [-0.1, -0.05) is 69.6 Å². The molecular weight excluding hydrogens is 426 g/mol. The molecule has 5 aromatic rings. The molecular formula is C24H18BrN3O. The summed E-state index contributed by atoms with van der Waals surface area (Å²) in [6.45, 7) is 0. The third kappa shape index (κ3) is 3.04. The molecule has 0 fully saturated rings. The fourth-order valence-corrected chi connectivity index (χ4v) is 4.29. The second-order valence-corrected chi connectivity index (χ2v) is 7.92. The number of hydrogen-bond donors (Lipinski definition) is 3. The number of para-hydroxylation sites is 2. The van der Waals surface area contributed by atoms with E-state index < -0.39 is 0 Å². The molecule has 3 N–H and O–H groups in total. The van der Waals surface area contributed by atoms with Crippen LogP contribution in [-0.4, -0.2) is 20.9 Å². The van der Waals surface area contributed by atoms with Gasteiger partial charge < -0.3 is 15.2 Å². The lowest BCUT2D eigenvalue weighted by atomic mass is 9.84. The number of hydrogen-bond acceptors (Lipinski definition) is 2. The summed E-state index contributed by atoms with van der Waals surface area (Å²) in [5.41, 5.74) is 5.73. The van der Waals surface area contributed by atoms with Gasteiger partial charge in [-0.25, -0.2) is 0 Å². The average molecular weight is 444 g/mol. The van der Waals surface area contributed by atoms with Gasteiger partial charge in [-0.2, -0.15) is 0 Å². The minimum atomic E-state index is -0.242. The lowest BCUT2D eigenvalue weighted by Crippen LogP contribution is -2.15. The number of nitrogens with one attached hydrogen (secondary N) is 2. The van der Waals surface area contributed by atoms with Crippen LogP contribution in [0.5, 0.6) is 0 Å². The van der Waals surface area contributed by atoms with Gasteiger partial charge in [-0.05, 0) is 35.4 Å². The Morgan fingerprint density at radius 1 is 0.759 bits per heavy atom. The molecule has 29 heavy (non-hydrogen) atoms. The molecule has 2 heterocycles. The summed E-state index contributed by atoms with van der Waals surface area (Å²) in [5, 5.41) is 16.1. The van der Waals surface area contributed by atoms with Crippen molar-refractivity contribution < 1.29 is 5.21 Å². The van der Waals surface area contributed by atoms with Crippen LogP contribution in [0.25, 0.3) is 21.8 Å². The molecule has 5 rings (SSSR count). The second kappa shape index (κ2) is 7.26. The SMILES string of the molecule is O/N=C(\c1ccc(Br)cc1)C(c1c[nH]c2ccccc12)c1c[nH]c2ccccc12. The maximum absolute atomic E-state index is 10.1. The Hall–Kier alpha value is -3.31. The topological polar surface area (TPSA) is 64.2 Å². The molecule has 0 atom stereocenters. The number of benzene rings is 3. The Morgan fingerprint density at radius 3 is 1.79 bits per heavy atom. The average Bonchev–Trinajstić information content (AvgIpc) is 3.37. The Morgan fingerprint density at radius 2 is 1.28 bits per heavy atom. The van der Waals surface area contributed by atoms with Crippen molar-refractivity contribution in [2.75, 3.05) is 0 Å². The minimum absolute atomic E-state index is 0.242. The number of aromatic nitrogens is 2. The van der Waals surface area contributed by atoms with Crippen LogP contribution in [0.3, 0.4) is 0 Å². The maximum atomic E-state index is 10.1. The van der Waals surface area contributed by atoms with Gasteiger partial charge in [0.2, 0.25) is 0 Å². The zero-order valence-corrected chi connectivity index (χ0v) is 17.0. The molecule has 0 bridgehead atoms. The summed E-state index contributed by atoms with van der Waals surface area (Å²) in [6.07, 6.45) is 4.03. The van der Waals surface area contributed by atoms with Crippen LogP contribution in [0.15, 0.2) is 94.8 Å². The molecule has 4 nitrogen and oxygen atoms in total. The Balaban J connectivity index is 1.78. The van der Waals surface area contributed by atoms with Crippen molar-refractivity contribution in [3.8, 4) is 0 Å². The van der Waals surface area contributed by atoms with Crippen molar-refractivity contribution in [2.45, 2.75) is 5.92 Å². The minimum Gasteiger partial charge on any atom is -0.411 e. The predicted molar refractivity (Wildman–Crippen MR) is 121 cm³/mol. The van der Waals surface area contributed by atoms with Gasteiger partial charge in [0.1, 0.15) is 0 Å². The van der Waals surface area contributed by atoms with Crippen LogP contribution in [0, 0.1) is 0 Å². The molecule has 0 aliphatic heterocycles. The third-order valence-corrected chi connectivity index (χ3v) is 5.91. The molecule has 0 amide bonds. The summed E-state index contributed by atoms with van der Waals surface area (Å²) in [7, 11) is 0. The molecule has 5 heteroatoms. The highest BCUT2D eigenvalue weighted by Crippen LogP contribution is 2.37. The van der Waals surface area contributed by atoms with Crippen LogP contribution in [0.4, 0.5) is 0 Å². The molecule has 0 unspecified atom stereocenters. The lowest BCUT2D eigenvalue weighted by Gasteiger charge is -2.18. The van der Waals surface area contributed by atoms with Crippen LogP contribution in [-0.2, 0) is 0 Å². The Labute approximate surface area is 176 Å². The van der Waals surface area contributed by atoms with E-state index in [4.69, 9.17) is 0 Å². The molecule has 3 aromatic carbocycles. The van der Waals surface area contributed by atoms with E-state index in [1.807, 2.05) is 60.9 Å². The van der Waals surface area contributed by atoms with Crippen molar-refractivity contribution in [2.24, 2.45) is 5.16 Å². The van der Waals surface area contributed by atoms with Gasteiger partial charge in [-0.15, -0.1) is 0 Å². The normalized spacial score (nSPS) is 12.3. The van der Waals surface area contributed by atoms with E-state index in [1.165, 1.54) is 0 Å². The molecule has 0 spiro atoms. The summed E-state index contributed by atoms with van der Waals surface area (Å²) >= 11 is 3.48. The van der Waals surface area contributed by atoms with Crippen molar-refractivity contribution >= 4 is 43.4 Å². The Kier molecular flexibility index (Phi) is 4.45. The summed E-state index contributed by atoms with van der Waals surface area (Å²) in [5.74, 6) is -0.242. The zero-order chi connectivity index (χ0) is 19.8. The van der Waals surface area contributed by atoms with Crippen LogP contribution in [0.1, 0.15) is 22.6 Å². The zero-order valence-electron chi connectivity index (χ0n) is 15.4. The van der Waals surface area contributed by atoms with Gasteiger partial charge in [0.05, 0.1) is 11.6 Å². The third-order valence-electron chi connectivity index (χ3n) is 5.39. The van der Waals surface area contributed by atoms with Crippen LogP contribution >= 0.6 is 15.9 Å². The number of oxime groups is 1. The van der Waals surface area contributed by atoms with Crippen LogP contribution in [0.2, 0.25) is 0 Å². The van der Waals surface area contributed by atoms with E-state index in [1.54, 1.807) is 0 Å². The highest BCUT2D eigenvalue weighted by molar-refractivity contribution is 9.10. The fourth-order valence-electron chi connectivity index (χ4n) is 4.03. The smallest absolute Gasteiger partial charge is 0.0988 e. The van der Waals surface area contributed by atoms with E-state index in [0.717, 1.165) is 43.0 Å². The van der Waals surface area contributed by atoms with Gasteiger partial charge in [-0.3, -0.25) is 0 Å². The molecule has 142 valence electrons. The number of halogens is 1. The molecule has 0 aliphatic carbocycles. The quantitative estimate of drug-likeness (QED) is 0.167. The fraction of sp³-hybridized carbons (Fsp3) is 0.0417. The largest absolute Gasteiger partial charge is 0.411 e. The van der Waals surface area contributed by atoms with Crippen molar-refractivity contribution in [1.29, 1.82) is 0 Å². The molecule has 0 saturated heterocycles. The highest BCUT2D eigenvalue weighted by atomic mass is 79.9. The van der Waals surface area contributed by atoms with Gasteiger partial charge in [0.25, 0.3) is 0 Å². The molecule has 0 radical (unpaired) electrons. The molecule has 0 saturated carbocycles.